The van der Waals surface area contributed by atoms with Crippen LogP contribution in [0.5, 0.6) is 5.88 Å². The summed E-state index contributed by atoms with van der Waals surface area (Å²) in [5, 5.41) is 3.50. The molecule has 108 valence electrons. The van der Waals surface area contributed by atoms with E-state index in [1.54, 1.807) is 6.33 Å². The van der Waals surface area contributed by atoms with Gasteiger partial charge in [0.2, 0.25) is 5.88 Å². The summed E-state index contributed by atoms with van der Waals surface area (Å²) in [4.78, 5) is 8.39. The standard InChI is InChI=1S/C15H27N3O/c1-4-7-9-13(8-5-2)18-14-11-15(17-12-16-14)19-10-6-3/h11-13H,4-10H2,1-3H3,(H,16,17,18). The van der Waals surface area contributed by atoms with Crippen LogP contribution in [0.15, 0.2) is 12.4 Å². The predicted molar refractivity (Wildman–Crippen MR) is 79.7 cm³/mol. The molecule has 0 aliphatic heterocycles. The van der Waals surface area contributed by atoms with Crippen LogP contribution < -0.4 is 10.1 Å². The molecule has 1 atom stereocenters. The number of unbranched alkanes of at least 4 members (excludes halogenated alkanes) is 1. The lowest BCUT2D eigenvalue weighted by Gasteiger charge is -2.18. The Morgan fingerprint density at radius 2 is 1.95 bits per heavy atom. The van der Waals surface area contributed by atoms with E-state index in [-0.39, 0.29) is 0 Å². The highest BCUT2D eigenvalue weighted by molar-refractivity contribution is 5.38. The van der Waals surface area contributed by atoms with Crippen LogP contribution in [0.3, 0.4) is 0 Å². The molecule has 0 amide bonds. The van der Waals surface area contributed by atoms with Crippen LogP contribution in [0.4, 0.5) is 5.82 Å². The number of hydrogen-bond acceptors (Lipinski definition) is 4. The highest BCUT2D eigenvalue weighted by atomic mass is 16.5. The summed E-state index contributed by atoms with van der Waals surface area (Å²) in [5.74, 6) is 1.53. The van der Waals surface area contributed by atoms with Crippen molar-refractivity contribution in [2.75, 3.05) is 11.9 Å². The number of anilines is 1. The molecule has 1 unspecified atom stereocenters. The average Bonchev–Trinajstić information content (AvgIpc) is 2.43. The van der Waals surface area contributed by atoms with Gasteiger partial charge in [0, 0.05) is 12.1 Å². The summed E-state index contributed by atoms with van der Waals surface area (Å²) in [6, 6.07) is 2.39. The zero-order valence-electron chi connectivity index (χ0n) is 12.5. The smallest absolute Gasteiger partial charge is 0.218 e. The second-order valence-electron chi connectivity index (χ2n) is 4.86. The van der Waals surface area contributed by atoms with Gasteiger partial charge in [-0.3, -0.25) is 0 Å². The van der Waals surface area contributed by atoms with Crippen LogP contribution >= 0.6 is 0 Å². The first-order valence-corrected chi connectivity index (χ1v) is 7.51. The molecule has 0 saturated heterocycles. The molecule has 19 heavy (non-hydrogen) atoms. The Morgan fingerprint density at radius 1 is 1.11 bits per heavy atom. The fraction of sp³-hybridized carbons (Fsp3) is 0.733. The van der Waals surface area contributed by atoms with Gasteiger partial charge in [0.1, 0.15) is 12.1 Å². The van der Waals surface area contributed by atoms with Crippen molar-refractivity contribution in [1.29, 1.82) is 0 Å². The van der Waals surface area contributed by atoms with Gasteiger partial charge in [0.05, 0.1) is 6.61 Å². The van der Waals surface area contributed by atoms with Crippen LogP contribution in [0.1, 0.15) is 59.3 Å². The lowest BCUT2D eigenvalue weighted by atomic mass is 10.1. The number of aromatic nitrogens is 2. The van der Waals surface area contributed by atoms with Crippen molar-refractivity contribution in [2.24, 2.45) is 0 Å². The van der Waals surface area contributed by atoms with E-state index in [2.05, 4.69) is 36.1 Å². The van der Waals surface area contributed by atoms with Crippen molar-refractivity contribution < 1.29 is 4.74 Å². The third-order valence-corrected chi connectivity index (χ3v) is 2.99. The molecule has 0 bridgehead atoms. The maximum atomic E-state index is 5.53. The molecule has 4 nitrogen and oxygen atoms in total. The molecule has 1 rings (SSSR count). The number of hydrogen-bond donors (Lipinski definition) is 1. The molecule has 1 N–H and O–H groups in total. The van der Waals surface area contributed by atoms with Gasteiger partial charge < -0.3 is 10.1 Å². The van der Waals surface area contributed by atoms with E-state index in [1.165, 1.54) is 32.1 Å². The number of nitrogens with one attached hydrogen (secondary N) is 1. The van der Waals surface area contributed by atoms with E-state index in [0.29, 0.717) is 18.5 Å². The van der Waals surface area contributed by atoms with Crippen molar-refractivity contribution in [2.45, 2.75) is 65.3 Å². The Balaban J connectivity index is 2.56. The maximum absolute atomic E-state index is 5.53. The third kappa shape index (κ3) is 6.41. The van der Waals surface area contributed by atoms with Gasteiger partial charge in [-0.25, -0.2) is 9.97 Å². The second-order valence-corrected chi connectivity index (χ2v) is 4.86. The Labute approximate surface area is 117 Å². The summed E-state index contributed by atoms with van der Waals surface area (Å²) in [5.41, 5.74) is 0. The van der Waals surface area contributed by atoms with E-state index in [1.807, 2.05) is 6.07 Å². The molecule has 1 aromatic heterocycles. The zero-order valence-corrected chi connectivity index (χ0v) is 12.5. The van der Waals surface area contributed by atoms with Crippen molar-refractivity contribution >= 4 is 5.82 Å². The van der Waals surface area contributed by atoms with Crippen LogP contribution in [0.2, 0.25) is 0 Å². The van der Waals surface area contributed by atoms with Gasteiger partial charge in [0.15, 0.2) is 0 Å². The van der Waals surface area contributed by atoms with Crippen molar-refractivity contribution in [3.8, 4) is 5.88 Å². The summed E-state index contributed by atoms with van der Waals surface area (Å²) >= 11 is 0. The first-order valence-electron chi connectivity index (χ1n) is 7.51. The monoisotopic (exact) mass is 265 g/mol. The fourth-order valence-corrected chi connectivity index (χ4v) is 2.00. The number of nitrogens with zero attached hydrogens (tertiary/aromatic N) is 2. The van der Waals surface area contributed by atoms with Crippen LogP contribution in [-0.4, -0.2) is 22.6 Å². The van der Waals surface area contributed by atoms with Crippen LogP contribution in [-0.2, 0) is 0 Å². The highest BCUT2D eigenvalue weighted by Gasteiger charge is 2.08. The molecule has 0 fully saturated rings. The maximum Gasteiger partial charge on any atom is 0.218 e. The molecule has 0 saturated carbocycles. The number of rotatable bonds is 10. The first-order chi connectivity index (χ1) is 9.30. The minimum atomic E-state index is 0.499. The quantitative estimate of drug-likeness (QED) is 0.693. The lowest BCUT2D eigenvalue weighted by molar-refractivity contribution is 0.305. The molecule has 0 aliphatic carbocycles. The molecule has 0 spiro atoms. The van der Waals surface area contributed by atoms with E-state index < -0.39 is 0 Å². The van der Waals surface area contributed by atoms with E-state index in [0.717, 1.165) is 12.2 Å². The SMILES string of the molecule is CCCCC(CCC)Nc1cc(OCCC)ncn1. The minimum absolute atomic E-state index is 0.499. The summed E-state index contributed by atoms with van der Waals surface area (Å²) in [6.45, 7) is 7.23. The Hall–Kier alpha value is -1.32. The minimum Gasteiger partial charge on any atom is -0.478 e. The predicted octanol–water partition coefficient (Wildman–Crippen LogP) is 4.04. The fourth-order valence-electron chi connectivity index (χ4n) is 2.00. The molecular formula is C15H27N3O. The van der Waals surface area contributed by atoms with Gasteiger partial charge in [-0.05, 0) is 19.3 Å². The largest absolute Gasteiger partial charge is 0.478 e. The van der Waals surface area contributed by atoms with Gasteiger partial charge in [0.25, 0.3) is 0 Å². The molecule has 1 heterocycles. The molecule has 4 heteroatoms. The van der Waals surface area contributed by atoms with E-state index >= 15 is 0 Å². The van der Waals surface area contributed by atoms with Crippen LogP contribution in [0, 0.1) is 0 Å². The van der Waals surface area contributed by atoms with Gasteiger partial charge in [-0.2, -0.15) is 0 Å². The zero-order chi connectivity index (χ0) is 13.9. The summed E-state index contributed by atoms with van der Waals surface area (Å²) in [6.07, 6.45) is 8.59. The molecule has 0 aromatic carbocycles. The van der Waals surface area contributed by atoms with E-state index in [9.17, 15) is 0 Å². The normalized spacial score (nSPS) is 12.2. The Bertz CT molecular complexity index is 344. The molecular weight excluding hydrogens is 238 g/mol. The highest BCUT2D eigenvalue weighted by Crippen LogP contribution is 2.16. The summed E-state index contributed by atoms with van der Waals surface area (Å²) < 4.78 is 5.53. The topological polar surface area (TPSA) is 47.0 Å². The number of ether oxygens (including phenoxy) is 1. The third-order valence-electron chi connectivity index (χ3n) is 2.99. The van der Waals surface area contributed by atoms with Crippen molar-refractivity contribution in [3.05, 3.63) is 12.4 Å². The van der Waals surface area contributed by atoms with Gasteiger partial charge >= 0.3 is 0 Å². The Kier molecular flexibility index (Phi) is 7.94. The molecule has 0 radical (unpaired) electrons. The second kappa shape index (κ2) is 9.59. The van der Waals surface area contributed by atoms with E-state index in [4.69, 9.17) is 4.74 Å². The summed E-state index contributed by atoms with van der Waals surface area (Å²) in [7, 11) is 0. The van der Waals surface area contributed by atoms with Crippen molar-refractivity contribution in [1.82, 2.24) is 9.97 Å². The average molecular weight is 265 g/mol. The molecule has 0 aliphatic rings. The van der Waals surface area contributed by atoms with Gasteiger partial charge in [-0.15, -0.1) is 0 Å². The Morgan fingerprint density at radius 3 is 2.63 bits per heavy atom. The molecule has 1 aromatic rings. The van der Waals surface area contributed by atoms with Crippen LogP contribution in [0.25, 0.3) is 0 Å². The first kappa shape index (κ1) is 15.7. The lowest BCUT2D eigenvalue weighted by Crippen LogP contribution is -2.20. The van der Waals surface area contributed by atoms with Gasteiger partial charge in [-0.1, -0.05) is 40.0 Å². The van der Waals surface area contributed by atoms with Crippen molar-refractivity contribution in [3.63, 3.8) is 0 Å².